The normalized spacial score (nSPS) is 11.8. The number of hydrogen-bond donors (Lipinski definition) is 2. The van der Waals surface area contributed by atoms with Gasteiger partial charge in [-0.2, -0.15) is 0 Å². The average Bonchev–Trinajstić information content (AvgIpc) is 2.85. The lowest BCUT2D eigenvalue weighted by Crippen LogP contribution is -2.28. The van der Waals surface area contributed by atoms with E-state index in [1.807, 2.05) is 0 Å². The molecule has 1 heterocycles. The van der Waals surface area contributed by atoms with Gasteiger partial charge in [-0.15, -0.1) is 0 Å². The molecule has 0 spiro atoms. The maximum absolute atomic E-state index is 15.1. The van der Waals surface area contributed by atoms with Crippen LogP contribution in [0.1, 0.15) is 46.6 Å². The highest BCUT2D eigenvalue weighted by Gasteiger charge is 2.24. The molecule has 0 aliphatic carbocycles. The van der Waals surface area contributed by atoms with E-state index >= 15 is 8.78 Å². The third-order valence-corrected chi connectivity index (χ3v) is 6.31. The van der Waals surface area contributed by atoms with Crippen molar-refractivity contribution in [2.75, 3.05) is 36.8 Å². The number of nitrogens with one attached hydrogen (secondary N) is 2. The summed E-state index contributed by atoms with van der Waals surface area (Å²) in [6.45, 7) is 13.4. The number of nitrogens with zero attached hydrogens (tertiary/aromatic N) is 1. The maximum Gasteiger partial charge on any atom is 0.229 e. The highest BCUT2D eigenvalue weighted by Crippen LogP contribution is 2.34. The van der Waals surface area contributed by atoms with Crippen molar-refractivity contribution in [1.82, 2.24) is 4.90 Å². The van der Waals surface area contributed by atoms with Gasteiger partial charge in [0.1, 0.15) is 11.6 Å². The van der Waals surface area contributed by atoms with E-state index in [2.05, 4.69) is 29.4 Å². The van der Waals surface area contributed by atoms with Gasteiger partial charge in [0.15, 0.2) is 22.6 Å². The van der Waals surface area contributed by atoms with Gasteiger partial charge in [-0.3, -0.25) is 9.59 Å². The summed E-state index contributed by atoms with van der Waals surface area (Å²) in [6, 6.07) is 4.96. The van der Waals surface area contributed by atoms with Crippen molar-refractivity contribution in [3.05, 3.63) is 57.5 Å². The Kier molecular flexibility index (Phi) is 8.68. The van der Waals surface area contributed by atoms with Crippen LogP contribution in [0.2, 0.25) is 0 Å². The Balaban J connectivity index is 1.98. The van der Waals surface area contributed by atoms with Gasteiger partial charge in [-0.25, -0.2) is 13.2 Å². The van der Waals surface area contributed by atoms with E-state index in [4.69, 9.17) is 4.42 Å². The van der Waals surface area contributed by atoms with E-state index < -0.39 is 33.9 Å². The molecule has 0 saturated heterocycles. The molecule has 2 aromatic carbocycles. The van der Waals surface area contributed by atoms with E-state index in [-0.39, 0.29) is 39.6 Å². The smallest absolute Gasteiger partial charge is 0.229 e. The number of fused-ring (bicyclic) bond motifs is 1. The monoisotopic (exact) mass is 517 g/mol. The Labute approximate surface area is 214 Å². The lowest BCUT2D eigenvalue weighted by molar-refractivity contribution is -0.123. The topological polar surface area (TPSA) is 74.6 Å². The minimum absolute atomic E-state index is 0.0351. The van der Waals surface area contributed by atoms with Gasteiger partial charge in [0.2, 0.25) is 5.91 Å². The molecule has 0 saturated carbocycles. The summed E-state index contributed by atoms with van der Waals surface area (Å²) in [5, 5.41) is 5.23. The van der Waals surface area contributed by atoms with Crippen molar-refractivity contribution in [3.8, 4) is 11.3 Å². The summed E-state index contributed by atoms with van der Waals surface area (Å²) in [5.74, 6) is -3.03. The molecule has 0 aliphatic rings. The molecule has 0 bridgehead atoms. The molecule has 6 nitrogen and oxygen atoms in total. The Morgan fingerprint density at radius 2 is 1.73 bits per heavy atom. The Morgan fingerprint density at radius 3 is 2.32 bits per heavy atom. The number of halogens is 3. The number of amides is 1. The molecule has 0 fully saturated rings. The van der Waals surface area contributed by atoms with E-state index in [1.54, 1.807) is 20.8 Å². The summed E-state index contributed by atoms with van der Waals surface area (Å²) in [5.41, 5.74) is -2.06. The predicted octanol–water partition coefficient (Wildman–Crippen LogP) is 6.31. The zero-order valence-corrected chi connectivity index (χ0v) is 22.2. The van der Waals surface area contributed by atoms with Crippen LogP contribution in [0.15, 0.2) is 33.5 Å². The fraction of sp³-hybridized carbons (Fsp3) is 0.429. The molecular formula is C28H34F3N3O3. The molecule has 1 aromatic heterocycles. The molecule has 37 heavy (non-hydrogen) atoms. The first-order valence-electron chi connectivity index (χ1n) is 12.4. The van der Waals surface area contributed by atoms with Crippen LogP contribution in [0.3, 0.4) is 0 Å². The maximum atomic E-state index is 15.1. The van der Waals surface area contributed by atoms with Crippen LogP contribution in [-0.4, -0.2) is 37.0 Å². The first-order chi connectivity index (χ1) is 17.4. The molecule has 0 atom stereocenters. The van der Waals surface area contributed by atoms with Crippen molar-refractivity contribution in [3.63, 3.8) is 0 Å². The van der Waals surface area contributed by atoms with Crippen LogP contribution in [0.5, 0.6) is 0 Å². The summed E-state index contributed by atoms with van der Waals surface area (Å²) in [4.78, 5) is 27.5. The number of carbonyl (C=O) groups excluding carboxylic acids is 1. The number of rotatable bonds is 9. The van der Waals surface area contributed by atoms with Gasteiger partial charge in [-0.05, 0) is 51.2 Å². The van der Waals surface area contributed by atoms with Crippen molar-refractivity contribution < 1.29 is 22.4 Å². The number of benzene rings is 2. The van der Waals surface area contributed by atoms with Crippen LogP contribution in [-0.2, 0) is 4.79 Å². The molecule has 3 rings (SSSR count). The van der Waals surface area contributed by atoms with Gasteiger partial charge in [-0.1, -0.05) is 34.6 Å². The second-order valence-electron chi connectivity index (χ2n) is 10.0. The molecular weight excluding hydrogens is 483 g/mol. The van der Waals surface area contributed by atoms with E-state index in [0.717, 1.165) is 31.8 Å². The van der Waals surface area contributed by atoms with Crippen molar-refractivity contribution in [1.29, 1.82) is 0 Å². The van der Waals surface area contributed by atoms with Crippen molar-refractivity contribution in [2.24, 2.45) is 5.41 Å². The molecule has 3 aromatic rings. The molecule has 200 valence electrons. The molecule has 0 aliphatic heterocycles. The first kappa shape index (κ1) is 28.2. The molecule has 0 radical (unpaired) electrons. The highest BCUT2D eigenvalue weighted by molar-refractivity contribution is 5.95. The minimum atomic E-state index is -0.991. The lowest BCUT2D eigenvalue weighted by atomic mass is 9.95. The van der Waals surface area contributed by atoms with Crippen LogP contribution < -0.4 is 16.1 Å². The van der Waals surface area contributed by atoms with Gasteiger partial charge in [0.25, 0.3) is 0 Å². The Bertz CT molecular complexity index is 1360. The van der Waals surface area contributed by atoms with Crippen LogP contribution >= 0.6 is 0 Å². The van der Waals surface area contributed by atoms with E-state index in [1.165, 1.54) is 19.1 Å². The minimum Gasteiger partial charge on any atom is -0.453 e. The third-order valence-electron chi connectivity index (χ3n) is 6.31. The lowest BCUT2D eigenvalue weighted by Gasteiger charge is -2.19. The molecule has 9 heteroatoms. The number of anilines is 2. The van der Waals surface area contributed by atoms with Gasteiger partial charge >= 0.3 is 0 Å². The van der Waals surface area contributed by atoms with Crippen LogP contribution in [0.4, 0.5) is 24.5 Å². The SMILES string of the molecule is CCN(CC)CCCNc1c(F)c(C)c(F)c2oc(-c3ccc(NC(=O)C(C)(C)C)c(F)c3)cc(=O)c12. The highest BCUT2D eigenvalue weighted by atomic mass is 19.1. The largest absolute Gasteiger partial charge is 0.453 e. The molecule has 0 unspecified atom stereocenters. The first-order valence-corrected chi connectivity index (χ1v) is 12.4. The third kappa shape index (κ3) is 6.15. The second kappa shape index (κ2) is 11.4. The number of carbonyl (C=O) groups is 1. The zero-order valence-electron chi connectivity index (χ0n) is 22.2. The summed E-state index contributed by atoms with van der Waals surface area (Å²) < 4.78 is 50.6. The Hall–Kier alpha value is -3.33. The van der Waals surface area contributed by atoms with Crippen LogP contribution in [0, 0.1) is 29.8 Å². The van der Waals surface area contributed by atoms with Gasteiger partial charge in [0.05, 0.1) is 16.8 Å². The standard InChI is InChI=1S/C28H34F3N3O3/c1-7-34(8-2)13-9-12-32-25-22-20(35)15-21(37-26(22)24(31)16(3)23(25)30)17-10-11-19(18(29)14-17)33-27(36)28(4,5)6/h10-11,14-15,32H,7-9,12-13H2,1-6H3,(H,33,36). The number of hydrogen-bond acceptors (Lipinski definition) is 5. The average molecular weight is 518 g/mol. The molecule has 2 N–H and O–H groups in total. The Morgan fingerprint density at radius 1 is 1.05 bits per heavy atom. The zero-order chi connectivity index (χ0) is 27.5. The quantitative estimate of drug-likeness (QED) is 0.325. The van der Waals surface area contributed by atoms with E-state index in [9.17, 15) is 14.0 Å². The molecule has 1 amide bonds. The van der Waals surface area contributed by atoms with E-state index in [0.29, 0.717) is 13.0 Å². The fourth-order valence-corrected chi connectivity index (χ4v) is 3.89. The van der Waals surface area contributed by atoms with Crippen molar-refractivity contribution in [2.45, 2.75) is 48.0 Å². The second-order valence-corrected chi connectivity index (χ2v) is 10.0. The van der Waals surface area contributed by atoms with Crippen LogP contribution in [0.25, 0.3) is 22.3 Å². The van der Waals surface area contributed by atoms with Gasteiger partial charge in [0, 0.05) is 29.2 Å². The summed E-state index contributed by atoms with van der Waals surface area (Å²) in [6.07, 6.45) is 0.694. The summed E-state index contributed by atoms with van der Waals surface area (Å²) in [7, 11) is 0. The summed E-state index contributed by atoms with van der Waals surface area (Å²) >= 11 is 0. The predicted molar refractivity (Wildman–Crippen MR) is 142 cm³/mol. The van der Waals surface area contributed by atoms with Crippen molar-refractivity contribution >= 4 is 28.3 Å². The van der Waals surface area contributed by atoms with Gasteiger partial charge < -0.3 is 20.0 Å². The fourth-order valence-electron chi connectivity index (χ4n) is 3.89.